The SMILES string of the molecule is C=CCC1Oc2cccc(OC(F)F)c2-c2ccc(N(C)c3ccccc3)cc21. The van der Waals surface area contributed by atoms with Crippen LogP contribution >= 0.6 is 0 Å². The summed E-state index contributed by atoms with van der Waals surface area (Å²) in [4.78, 5) is 2.07. The van der Waals surface area contributed by atoms with Crippen LogP contribution in [0.15, 0.2) is 79.4 Å². The number of hydrogen-bond donors (Lipinski definition) is 0. The molecular weight excluding hydrogens is 372 g/mol. The lowest BCUT2D eigenvalue weighted by atomic mass is 9.90. The van der Waals surface area contributed by atoms with E-state index >= 15 is 0 Å². The van der Waals surface area contributed by atoms with Crippen LogP contribution in [0.3, 0.4) is 0 Å². The maximum atomic E-state index is 12.9. The van der Waals surface area contributed by atoms with Crippen LogP contribution in [0.2, 0.25) is 0 Å². The number of ether oxygens (including phenoxy) is 2. The third-order valence-electron chi connectivity index (χ3n) is 5.04. The fraction of sp³-hybridized carbons (Fsp3) is 0.167. The van der Waals surface area contributed by atoms with Gasteiger partial charge in [0.05, 0.1) is 5.56 Å². The molecule has 3 aromatic carbocycles. The van der Waals surface area contributed by atoms with Crippen LogP contribution < -0.4 is 14.4 Å². The van der Waals surface area contributed by atoms with Gasteiger partial charge in [-0.2, -0.15) is 8.78 Å². The largest absolute Gasteiger partial charge is 0.485 e. The number of anilines is 2. The van der Waals surface area contributed by atoms with Crippen molar-refractivity contribution in [1.82, 2.24) is 0 Å². The molecule has 1 heterocycles. The number of rotatable bonds is 6. The van der Waals surface area contributed by atoms with Gasteiger partial charge < -0.3 is 14.4 Å². The van der Waals surface area contributed by atoms with E-state index in [0.29, 0.717) is 17.7 Å². The quantitative estimate of drug-likeness (QED) is 0.433. The fourth-order valence-electron chi connectivity index (χ4n) is 3.67. The first-order valence-electron chi connectivity index (χ1n) is 9.37. The molecule has 0 aromatic heterocycles. The van der Waals surface area contributed by atoms with E-state index in [4.69, 9.17) is 9.47 Å². The minimum absolute atomic E-state index is 0.111. The molecule has 0 saturated heterocycles. The van der Waals surface area contributed by atoms with Crippen LogP contribution in [0.1, 0.15) is 18.1 Å². The Morgan fingerprint density at radius 1 is 1.07 bits per heavy atom. The maximum Gasteiger partial charge on any atom is 0.387 e. The summed E-state index contributed by atoms with van der Waals surface area (Å²) in [7, 11) is 1.99. The molecule has 3 aromatic rings. The van der Waals surface area contributed by atoms with Crippen LogP contribution in [-0.2, 0) is 0 Å². The molecule has 3 nitrogen and oxygen atoms in total. The first-order chi connectivity index (χ1) is 14.1. The van der Waals surface area contributed by atoms with E-state index < -0.39 is 6.61 Å². The molecule has 1 aliphatic heterocycles. The Balaban J connectivity index is 1.83. The van der Waals surface area contributed by atoms with Crippen molar-refractivity contribution in [2.45, 2.75) is 19.1 Å². The molecular formula is C24H21F2NO2. The molecule has 1 aliphatic rings. The number of nitrogens with zero attached hydrogens (tertiary/aromatic N) is 1. The minimum Gasteiger partial charge on any atom is -0.485 e. The highest BCUT2D eigenvalue weighted by atomic mass is 19.3. The summed E-state index contributed by atoms with van der Waals surface area (Å²) in [5, 5.41) is 0. The van der Waals surface area contributed by atoms with Gasteiger partial charge in [-0.1, -0.05) is 36.4 Å². The van der Waals surface area contributed by atoms with E-state index in [1.807, 2.05) is 55.6 Å². The summed E-state index contributed by atoms with van der Waals surface area (Å²) in [6, 6.07) is 20.9. The van der Waals surface area contributed by atoms with Crippen molar-refractivity contribution in [1.29, 1.82) is 0 Å². The zero-order valence-electron chi connectivity index (χ0n) is 16.0. The Morgan fingerprint density at radius 3 is 2.59 bits per heavy atom. The van der Waals surface area contributed by atoms with Gasteiger partial charge in [0.25, 0.3) is 0 Å². The molecule has 0 saturated carbocycles. The van der Waals surface area contributed by atoms with E-state index in [1.54, 1.807) is 18.2 Å². The van der Waals surface area contributed by atoms with E-state index in [0.717, 1.165) is 22.5 Å². The van der Waals surface area contributed by atoms with Crippen molar-refractivity contribution in [2.24, 2.45) is 0 Å². The van der Waals surface area contributed by atoms with Crippen LogP contribution in [0.25, 0.3) is 11.1 Å². The molecule has 4 rings (SSSR count). The van der Waals surface area contributed by atoms with Crippen LogP contribution in [-0.4, -0.2) is 13.7 Å². The zero-order chi connectivity index (χ0) is 20.4. The normalized spacial score (nSPS) is 14.6. The highest BCUT2D eigenvalue weighted by molar-refractivity contribution is 5.83. The summed E-state index contributed by atoms with van der Waals surface area (Å²) in [5.41, 5.74) is 4.33. The smallest absolute Gasteiger partial charge is 0.387 e. The molecule has 0 aliphatic carbocycles. The predicted octanol–water partition coefficient (Wildman–Crippen LogP) is 6.73. The number of fused-ring (bicyclic) bond motifs is 3. The summed E-state index contributed by atoms with van der Waals surface area (Å²) >= 11 is 0. The van der Waals surface area contributed by atoms with Gasteiger partial charge in [0.2, 0.25) is 0 Å². The van der Waals surface area contributed by atoms with E-state index in [9.17, 15) is 8.78 Å². The Morgan fingerprint density at radius 2 is 1.86 bits per heavy atom. The average molecular weight is 393 g/mol. The maximum absolute atomic E-state index is 12.9. The van der Waals surface area contributed by atoms with Crippen molar-refractivity contribution in [3.8, 4) is 22.6 Å². The van der Waals surface area contributed by atoms with Crippen molar-refractivity contribution in [3.63, 3.8) is 0 Å². The molecule has 0 radical (unpaired) electrons. The predicted molar refractivity (Wildman–Crippen MR) is 111 cm³/mol. The molecule has 0 bridgehead atoms. The number of alkyl halides is 2. The van der Waals surface area contributed by atoms with Crippen molar-refractivity contribution in [2.75, 3.05) is 11.9 Å². The number of para-hydroxylation sites is 1. The molecule has 0 spiro atoms. The molecule has 29 heavy (non-hydrogen) atoms. The number of halogens is 2. The first-order valence-corrected chi connectivity index (χ1v) is 9.37. The molecule has 148 valence electrons. The lowest BCUT2D eigenvalue weighted by Crippen LogP contribution is -2.17. The molecule has 1 atom stereocenters. The summed E-state index contributed by atoms with van der Waals surface area (Å²) in [6.45, 7) is 0.928. The lowest BCUT2D eigenvalue weighted by Gasteiger charge is -2.31. The van der Waals surface area contributed by atoms with E-state index in [2.05, 4.69) is 11.5 Å². The Bertz CT molecular complexity index is 1020. The van der Waals surface area contributed by atoms with Crippen molar-refractivity contribution >= 4 is 11.4 Å². The van der Waals surface area contributed by atoms with Gasteiger partial charge >= 0.3 is 6.61 Å². The molecule has 0 N–H and O–H groups in total. The number of benzene rings is 3. The average Bonchev–Trinajstić information content (AvgIpc) is 2.73. The molecule has 0 fully saturated rings. The summed E-state index contributed by atoms with van der Waals surface area (Å²) in [6.07, 6.45) is 2.15. The Hall–Kier alpha value is -3.34. The van der Waals surface area contributed by atoms with Gasteiger partial charge in [-0.05, 0) is 42.0 Å². The van der Waals surface area contributed by atoms with Crippen molar-refractivity contribution in [3.05, 3.63) is 84.9 Å². The number of hydrogen-bond acceptors (Lipinski definition) is 3. The molecule has 1 unspecified atom stereocenters. The lowest BCUT2D eigenvalue weighted by molar-refractivity contribution is -0.0496. The van der Waals surface area contributed by atoms with Crippen LogP contribution in [0.5, 0.6) is 11.5 Å². The Labute approximate surface area is 168 Å². The molecule has 5 heteroatoms. The van der Waals surface area contributed by atoms with Crippen LogP contribution in [0, 0.1) is 0 Å². The minimum atomic E-state index is -2.90. The highest BCUT2D eigenvalue weighted by Gasteiger charge is 2.29. The monoisotopic (exact) mass is 393 g/mol. The Kier molecular flexibility index (Phi) is 5.21. The second-order valence-corrected chi connectivity index (χ2v) is 6.80. The van der Waals surface area contributed by atoms with Gasteiger partial charge in [-0.3, -0.25) is 0 Å². The van der Waals surface area contributed by atoms with E-state index in [-0.39, 0.29) is 11.9 Å². The van der Waals surface area contributed by atoms with E-state index in [1.165, 1.54) is 6.07 Å². The van der Waals surface area contributed by atoms with Gasteiger partial charge in [0.15, 0.2) is 0 Å². The van der Waals surface area contributed by atoms with Crippen molar-refractivity contribution < 1.29 is 18.3 Å². The van der Waals surface area contributed by atoms with Gasteiger partial charge in [0.1, 0.15) is 17.6 Å². The zero-order valence-corrected chi connectivity index (χ0v) is 16.0. The van der Waals surface area contributed by atoms with Crippen LogP contribution in [0.4, 0.5) is 20.2 Å². The second kappa shape index (κ2) is 7.95. The third kappa shape index (κ3) is 3.68. The standard InChI is InChI=1S/C24H21F2NO2/c1-3-8-20-19-15-17(27(2)16-9-5-4-6-10-16)13-14-18(19)23-21(28-20)11-7-12-22(23)29-24(25)26/h3-7,9-15,20,24H,1,8H2,2H3. The first kappa shape index (κ1) is 19.0. The van der Waals surface area contributed by atoms with Gasteiger partial charge in [0, 0.05) is 30.4 Å². The van der Waals surface area contributed by atoms with Gasteiger partial charge in [-0.25, -0.2) is 0 Å². The topological polar surface area (TPSA) is 21.7 Å². The fourth-order valence-corrected chi connectivity index (χ4v) is 3.67. The highest BCUT2D eigenvalue weighted by Crippen LogP contribution is 2.49. The molecule has 0 amide bonds. The van der Waals surface area contributed by atoms with Gasteiger partial charge in [-0.15, -0.1) is 6.58 Å². The third-order valence-corrected chi connectivity index (χ3v) is 5.04. The second-order valence-electron chi connectivity index (χ2n) is 6.80. The summed E-state index contributed by atoms with van der Waals surface area (Å²) in [5.74, 6) is 0.645. The summed E-state index contributed by atoms with van der Waals surface area (Å²) < 4.78 is 36.8.